The summed E-state index contributed by atoms with van der Waals surface area (Å²) in [6, 6.07) is 0. The van der Waals surface area contributed by atoms with Gasteiger partial charge in [-0.25, -0.2) is 10.1 Å². The average Bonchev–Trinajstić information content (AvgIpc) is 1.88. The van der Waals surface area contributed by atoms with Crippen LogP contribution in [0, 0.1) is 0 Å². The molecule has 0 radical (unpaired) electrons. The second-order valence-electron chi connectivity index (χ2n) is 0.934. The SMILES string of the molecule is O=S(=O)(O)OO.OOB(O)O.[NaH].[NaH]. The summed E-state index contributed by atoms with van der Waals surface area (Å²) in [7, 11) is -6.67. The summed E-state index contributed by atoms with van der Waals surface area (Å²) in [5.41, 5.74) is 0. The summed E-state index contributed by atoms with van der Waals surface area (Å²) in [6.07, 6.45) is 0. The summed E-state index contributed by atoms with van der Waals surface area (Å²) < 4.78 is 28.0. The average molecular weight is 240 g/mol. The van der Waals surface area contributed by atoms with E-state index in [0.717, 1.165) is 0 Å². The Morgan fingerprint density at radius 1 is 1.08 bits per heavy atom. The molecule has 13 heteroatoms. The summed E-state index contributed by atoms with van der Waals surface area (Å²) in [6.45, 7) is 0. The van der Waals surface area contributed by atoms with Gasteiger partial charge in [0.05, 0.1) is 0 Å². The molecule has 0 aliphatic rings. The fourth-order valence-corrected chi connectivity index (χ4v) is 0. The van der Waals surface area contributed by atoms with Crippen molar-refractivity contribution in [2.75, 3.05) is 0 Å². The standard InChI is InChI=1S/BH3O4.2Na.H2O5S.2H/c2-1(3)5-4;;;1-5-6(2,3)4;;/h2-4H;;;1H,(H,2,3,4);;. The Morgan fingerprint density at radius 3 is 1.23 bits per heavy atom. The predicted molar refractivity (Wildman–Crippen MR) is 43.5 cm³/mol. The van der Waals surface area contributed by atoms with Gasteiger partial charge in [-0.1, -0.05) is 4.33 Å². The maximum absolute atomic E-state index is 9.08. The monoisotopic (exact) mass is 240 g/mol. The fourth-order valence-electron chi connectivity index (χ4n) is 0. The molecule has 0 unspecified atom stereocenters. The van der Waals surface area contributed by atoms with E-state index in [0.29, 0.717) is 0 Å². The van der Waals surface area contributed by atoms with Crippen molar-refractivity contribution >= 4 is 76.8 Å². The van der Waals surface area contributed by atoms with Gasteiger partial charge in [0.2, 0.25) is 0 Å². The van der Waals surface area contributed by atoms with Crippen LogP contribution in [0.15, 0.2) is 0 Å². The molecule has 0 aromatic heterocycles. The van der Waals surface area contributed by atoms with Gasteiger partial charge in [0, 0.05) is 0 Å². The Balaban J connectivity index is -0.0000000546. The van der Waals surface area contributed by atoms with Gasteiger partial charge in [-0.3, -0.25) is 9.81 Å². The quantitative estimate of drug-likeness (QED) is 0.142. The Morgan fingerprint density at radius 2 is 1.23 bits per heavy atom. The van der Waals surface area contributed by atoms with Gasteiger partial charge in [-0.2, -0.15) is 8.42 Å². The summed E-state index contributed by atoms with van der Waals surface area (Å²) >= 11 is 0. The molecule has 0 aliphatic carbocycles. The van der Waals surface area contributed by atoms with Crippen LogP contribution in [0.5, 0.6) is 0 Å². The van der Waals surface area contributed by atoms with Crippen LogP contribution in [0.25, 0.3) is 0 Å². The first-order valence-corrected chi connectivity index (χ1v) is 3.16. The van der Waals surface area contributed by atoms with Crippen molar-refractivity contribution < 1.29 is 42.7 Å². The van der Waals surface area contributed by atoms with E-state index in [4.69, 9.17) is 33.5 Å². The van der Waals surface area contributed by atoms with Crippen LogP contribution in [0.1, 0.15) is 0 Å². The summed E-state index contributed by atoms with van der Waals surface area (Å²) in [5.74, 6) is 0. The molecule has 72 valence electrons. The molecule has 0 bridgehead atoms. The summed E-state index contributed by atoms with van der Waals surface area (Å²) in [5, 5.41) is 29.1. The number of hydrogen-bond donors (Lipinski definition) is 5. The topological polar surface area (TPSA) is 154 Å². The number of hydrogen-bond acceptors (Lipinski definition) is 8. The Bertz CT molecular complexity index is 162. The molecule has 0 rings (SSSR count). The molecule has 5 N–H and O–H groups in total. The van der Waals surface area contributed by atoms with Crippen molar-refractivity contribution in [2.45, 2.75) is 0 Å². The van der Waals surface area contributed by atoms with Crippen LogP contribution in [-0.2, 0) is 19.5 Å². The normalized spacial score (nSPS) is 8.38. The Labute approximate surface area is 118 Å². The van der Waals surface area contributed by atoms with Crippen LogP contribution >= 0.6 is 0 Å². The second kappa shape index (κ2) is 13.7. The van der Waals surface area contributed by atoms with Crippen LogP contribution < -0.4 is 0 Å². The van der Waals surface area contributed by atoms with Gasteiger partial charge >= 0.3 is 76.8 Å². The number of rotatable bonds is 2. The van der Waals surface area contributed by atoms with Crippen LogP contribution in [0.2, 0.25) is 0 Å². The van der Waals surface area contributed by atoms with Crippen molar-refractivity contribution in [3.05, 3.63) is 0 Å². The third kappa shape index (κ3) is 41.7. The molecular formula is H7BNa2O9S. The molecule has 0 atom stereocenters. The minimum atomic E-state index is -4.61. The third-order valence-electron chi connectivity index (χ3n) is 0.188. The van der Waals surface area contributed by atoms with Gasteiger partial charge in [-0.15, -0.1) is 0 Å². The van der Waals surface area contributed by atoms with Crippen molar-refractivity contribution in [1.29, 1.82) is 0 Å². The predicted octanol–water partition coefficient (Wildman–Crippen LogP) is -3.57. The molecule has 0 heterocycles. The van der Waals surface area contributed by atoms with Crippen LogP contribution in [0.4, 0.5) is 0 Å². The zero-order chi connectivity index (χ0) is 9.49. The molecular weight excluding hydrogens is 233 g/mol. The Hall–Kier alpha value is 1.73. The van der Waals surface area contributed by atoms with Crippen molar-refractivity contribution in [2.24, 2.45) is 0 Å². The first-order valence-electron chi connectivity index (χ1n) is 1.80. The van der Waals surface area contributed by atoms with Crippen LogP contribution in [0.3, 0.4) is 0 Å². The summed E-state index contributed by atoms with van der Waals surface area (Å²) in [4.78, 5) is 2.86. The van der Waals surface area contributed by atoms with Gasteiger partial charge < -0.3 is 10.0 Å². The van der Waals surface area contributed by atoms with Gasteiger partial charge in [0.1, 0.15) is 0 Å². The van der Waals surface area contributed by atoms with Crippen LogP contribution in [-0.4, -0.2) is 100.0 Å². The van der Waals surface area contributed by atoms with E-state index in [-0.39, 0.29) is 59.1 Å². The molecule has 13 heavy (non-hydrogen) atoms. The molecule has 0 aromatic rings. The van der Waals surface area contributed by atoms with Gasteiger partial charge in [-0.05, 0) is 0 Å². The van der Waals surface area contributed by atoms with E-state index in [9.17, 15) is 0 Å². The van der Waals surface area contributed by atoms with E-state index in [1.165, 1.54) is 0 Å². The molecule has 0 saturated heterocycles. The maximum atomic E-state index is 9.08. The molecule has 0 amide bonds. The molecule has 0 fully saturated rings. The Kier molecular flexibility index (Phi) is 25.5. The first-order chi connectivity index (χ1) is 4.83. The molecule has 0 spiro atoms. The zero-order valence-corrected chi connectivity index (χ0v) is 5.67. The van der Waals surface area contributed by atoms with E-state index < -0.39 is 17.7 Å². The fraction of sp³-hybridized carbons (Fsp3) is 0. The van der Waals surface area contributed by atoms with Gasteiger partial charge in [0.15, 0.2) is 0 Å². The van der Waals surface area contributed by atoms with E-state index in [1.54, 1.807) is 0 Å². The second-order valence-corrected chi connectivity index (χ2v) is 1.94. The molecule has 0 aliphatic heterocycles. The third-order valence-corrected chi connectivity index (χ3v) is 0.377. The minimum absolute atomic E-state index is 0. The molecule has 0 saturated carbocycles. The van der Waals surface area contributed by atoms with Crippen molar-refractivity contribution in [3.8, 4) is 0 Å². The van der Waals surface area contributed by atoms with Crippen molar-refractivity contribution in [1.82, 2.24) is 0 Å². The van der Waals surface area contributed by atoms with Crippen molar-refractivity contribution in [3.63, 3.8) is 0 Å². The van der Waals surface area contributed by atoms with E-state index in [2.05, 4.69) is 9.14 Å². The molecule has 9 nitrogen and oxygen atoms in total. The zero-order valence-electron chi connectivity index (χ0n) is 4.85. The first kappa shape index (κ1) is 24.1. The van der Waals surface area contributed by atoms with Gasteiger partial charge in [0.25, 0.3) is 0 Å². The molecule has 0 aromatic carbocycles. The van der Waals surface area contributed by atoms with E-state index >= 15 is 0 Å². The van der Waals surface area contributed by atoms with E-state index in [1.807, 2.05) is 0 Å².